The highest BCUT2D eigenvalue weighted by molar-refractivity contribution is 5.88. The van der Waals surface area contributed by atoms with Gasteiger partial charge in [-0.3, -0.25) is 9.59 Å². The van der Waals surface area contributed by atoms with Gasteiger partial charge in [0.1, 0.15) is 23.2 Å². The van der Waals surface area contributed by atoms with Crippen molar-refractivity contribution in [2.24, 2.45) is 0 Å². The molecule has 1 heterocycles. The Balaban J connectivity index is 2.30. The summed E-state index contributed by atoms with van der Waals surface area (Å²) in [5, 5.41) is 3.85. The lowest BCUT2D eigenvalue weighted by Gasteiger charge is -2.32. The molecule has 1 aliphatic carbocycles. The summed E-state index contributed by atoms with van der Waals surface area (Å²) in [6.45, 7) is 2.09. The summed E-state index contributed by atoms with van der Waals surface area (Å²) in [5.41, 5.74) is -0.222. The van der Waals surface area contributed by atoms with Crippen molar-refractivity contribution in [2.75, 3.05) is 6.61 Å². The summed E-state index contributed by atoms with van der Waals surface area (Å²) < 4.78 is 9.92. The van der Waals surface area contributed by atoms with Crippen molar-refractivity contribution in [3.63, 3.8) is 0 Å². The van der Waals surface area contributed by atoms with Crippen molar-refractivity contribution < 1.29 is 18.8 Å². The molecule has 1 saturated carbocycles. The van der Waals surface area contributed by atoms with Gasteiger partial charge in [0, 0.05) is 18.9 Å². The summed E-state index contributed by atoms with van der Waals surface area (Å²) in [6.07, 6.45) is 3.14. The number of hydrogen-bond acceptors (Lipinski definition) is 5. The predicted octanol–water partition coefficient (Wildman–Crippen LogP) is 1.62. The summed E-state index contributed by atoms with van der Waals surface area (Å²) in [7, 11) is 0. The molecule has 2 rings (SSSR count). The number of ketones is 1. The monoisotopic (exact) mass is 237 g/mol. The van der Waals surface area contributed by atoms with Crippen LogP contribution in [-0.2, 0) is 19.7 Å². The van der Waals surface area contributed by atoms with Gasteiger partial charge in [-0.2, -0.15) is 0 Å². The fourth-order valence-corrected chi connectivity index (χ4v) is 2.25. The molecule has 0 aromatic carbocycles. The summed E-state index contributed by atoms with van der Waals surface area (Å²) >= 11 is 0. The van der Waals surface area contributed by atoms with Crippen LogP contribution >= 0.6 is 0 Å². The standard InChI is InChI=1S/C12H15NO4/c1-2-16-11(15)12(10-5-8-17-13-10)6-3-9(14)4-7-12/h5,8H,2-4,6-7H2,1H3. The van der Waals surface area contributed by atoms with E-state index >= 15 is 0 Å². The second-order valence-electron chi connectivity index (χ2n) is 4.23. The number of hydrogen-bond donors (Lipinski definition) is 0. The number of ether oxygens (including phenoxy) is 1. The van der Waals surface area contributed by atoms with E-state index in [2.05, 4.69) is 5.16 Å². The predicted molar refractivity (Wildman–Crippen MR) is 58.3 cm³/mol. The van der Waals surface area contributed by atoms with Crippen LogP contribution in [0.5, 0.6) is 0 Å². The first-order valence-electron chi connectivity index (χ1n) is 5.79. The number of esters is 1. The first-order chi connectivity index (χ1) is 8.19. The van der Waals surface area contributed by atoms with Crippen LogP contribution in [0.3, 0.4) is 0 Å². The molecule has 0 aliphatic heterocycles. The molecular formula is C12H15NO4. The van der Waals surface area contributed by atoms with Gasteiger partial charge < -0.3 is 9.26 Å². The molecule has 1 fully saturated rings. The molecule has 5 heteroatoms. The molecule has 0 amide bonds. The third-order valence-corrected chi connectivity index (χ3v) is 3.26. The molecule has 1 aromatic rings. The second kappa shape index (κ2) is 4.69. The number of aromatic nitrogens is 1. The van der Waals surface area contributed by atoms with Gasteiger partial charge in [-0.05, 0) is 19.8 Å². The van der Waals surface area contributed by atoms with Crippen molar-refractivity contribution in [2.45, 2.75) is 38.0 Å². The first kappa shape index (κ1) is 11.8. The van der Waals surface area contributed by atoms with Gasteiger partial charge in [0.05, 0.1) is 6.61 Å². The van der Waals surface area contributed by atoms with Crippen LogP contribution in [-0.4, -0.2) is 23.5 Å². The molecule has 0 radical (unpaired) electrons. The van der Waals surface area contributed by atoms with Gasteiger partial charge in [0.25, 0.3) is 0 Å². The average Bonchev–Trinajstić information content (AvgIpc) is 2.85. The van der Waals surface area contributed by atoms with Crippen LogP contribution in [0.2, 0.25) is 0 Å². The van der Waals surface area contributed by atoms with Crippen LogP contribution in [0, 0.1) is 0 Å². The number of carbonyl (C=O) groups is 2. The smallest absolute Gasteiger partial charge is 0.318 e. The Morgan fingerprint density at radius 1 is 1.53 bits per heavy atom. The minimum atomic E-state index is -0.795. The lowest BCUT2D eigenvalue weighted by molar-refractivity contribution is -0.152. The van der Waals surface area contributed by atoms with Gasteiger partial charge >= 0.3 is 5.97 Å². The van der Waals surface area contributed by atoms with Gasteiger partial charge in [0.15, 0.2) is 0 Å². The highest BCUT2D eigenvalue weighted by atomic mass is 16.5. The maximum atomic E-state index is 12.1. The summed E-state index contributed by atoms with van der Waals surface area (Å²) in [6, 6.07) is 1.67. The molecule has 0 unspecified atom stereocenters. The molecule has 1 aliphatic rings. The van der Waals surface area contributed by atoms with E-state index in [0.29, 0.717) is 38.0 Å². The molecule has 0 saturated heterocycles. The zero-order valence-electron chi connectivity index (χ0n) is 9.77. The Kier molecular flexibility index (Phi) is 3.26. The lowest BCUT2D eigenvalue weighted by atomic mass is 9.71. The van der Waals surface area contributed by atoms with Gasteiger partial charge in [-0.1, -0.05) is 5.16 Å². The van der Waals surface area contributed by atoms with E-state index in [1.54, 1.807) is 13.0 Å². The van der Waals surface area contributed by atoms with E-state index in [1.807, 2.05) is 0 Å². The van der Waals surface area contributed by atoms with Crippen LogP contribution in [0.15, 0.2) is 16.9 Å². The van der Waals surface area contributed by atoms with Crippen molar-refractivity contribution in [1.29, 1.82) is 0 Å². The Morgan fingerprint density at radius 3 is 2.76 bits per heavy atom. The molecule has 1 aromatic heterocycles. The largest absolute Gasteiger partial charge is 0.465 e. The third kappa shape index (κ3) is 2.09. The fraction of sp³-hybridized carbons (Fsp3) is 0.583. The average molecular weight is 237 g/mol. The summed E-state index contributed by atoms with van der Waals surface area (Å²) in [4.78, 5) is 23.4. The van der Waals surface area contributed by atoms with E-state index < -0.39 is 5.41 Å². The summed E-state index contributed by atoms with van der Waals surface area (Å²) in [5.74, 6) is -0.116. The molecule has 5 nitrogen and oxygen atoms in total. The third-order valence-electron chi connectivity index (χ3n) is 3.26. The highest BCUT2D eigenvalue weighted by Gasteiger charge is 2.46. The van der Waals surface area contributed by atoms with E-state index in [0.717, 1.165) is 0 Å². The van der Waals surface area contributed by atoms with Crippen molar-refractivity contribution in [3.05, 3.63) is 18.0 Å². The molecule has 17 heavy (non-hydrogen) atoms. The first-order valence-corrected chi connectivity index (χ1v) is 5.79. The molecule has 0 N–H and O–H groups in total. The zero-order valence-corrected chi connectivity index (χ0v) is 9.77. The fourth-order valence-electron chi connectivity index (χ4n) is 2.25. The van der Waals surface area contributed by atoms with Gasteiger partial charge in [-0.25, -0.2) is 0 Å². The Hall–Kier alpha value is -1.65. The molecule has 0 atom stereocenters. The normalized spacial score (nSPS) is 19.0. The molecular weight excluding hydrogens is 222 g/mol. The van der Waals surface area contributed by atoms with Gasteiger partial charge in [-0.15, -0.1) is 0 Å². The van der Waals surface area contributed by atoms with Crippen LogP contribution in [0.4, 0.5) is 0 Å². The van der Waals surface area contributed by atoms with E-state index in [-0.39, 0.29) is 11.8 Å². The number of nitrogens with zero attached hydrogens (tertiary/aromatic N) is 1. The quantitative estimate of drug-likeness (QED) is 0.747. The molecule has 92 valence electrons. The zero-order chi connectivity index (χ0) is 12.3. The van der Waals surface area contributed by atoms with Crippen molar-refractivity contribution in [3.8, 4) is 0 Å². The van der Waals surface area contributed by atoms with Crippen molar-refractivity contribution in [1.82, 2.24) is 5.16 Å². The SMILES string of the molecule is CCOC(=O)C1(c2ccon2)CCC(=O)CC1. The van der Waals surface area contributed by atoms with E-state index in [1.165, 1.54) is 6.26 Å². The number of Topliss-reactive ketones (excluding diaryl/α,β-unsaturated/α-hetero) is 1. The van der Waals surface area contributed by atoms with Gasteiger partial charge in [0.2, 0.25) is 0 Å². The minimum absolute atomic E-state index is 0.188. The Morgan fingerprint density at radius 2 is 2.24 bits per heavy atom. The van der Waals surface area contributed by atoms with E-state index in [4.69, 9.17) is 9.26 Å². The Bertz CT molecular complexity index is 400. The van der Waals surface area contributed by atoms with Crippen LogP contribution in [0.1, 0.15) is 38.3 Å². The molecule has 0 spiro atoms. The van der Waals surface area contributed by atoms with Crippen LogP contribution in [0.25, 0.3) is 0 Å². The molecule has 0 bridgehead atoms. The van der Waals surface area contributed by atoms with E-state index in [9.17, 15) is 9.59 Å². The maximum absolute atomic E-state index is 12.1. The topological polar surface area (TPSA) is 69.4 Å². The number of rotatable bonds is 3. The minimum Gasteiger partial charge on any atom is -0.465 e. The maximum Gasteiger partial charge on any atom is 0.318 e. The Labute approximate surface area is 99.1 Å². The lowest BCUT2D eigenvalue weighted by Crippen LogP contribution is -2.41. The van der Waals surface area contributed by atoms with Crippen LogP contribution < -0.4 is 0 Å². The second-order valence-corrected chi connectivity index (χ2v) is 4.23. The number of carbonyl (C=O) groups excluding carboxylic acids is 2. The van der Waals surface area contributed by atoms with Crippen molar-refractivity contribution >= 4 is 11.8 Å². The highest BCUT2D eigenvalue weighted by Crippen LogP contribution is 2.38.